The first-order chi connectivity index (χ1) is 10.3. The van der Waals surface area contributed by atoms with E-state index in [-0.39, 0.29) is 0 Å². The zero-order valence-corrected chi connectivity index (χ0v) is 15.3. The Morgan fingerprint density at radius 3 is 2.50 bits per heavy atom. The van der Waals surface area contributed by atoms with E-state index in [1.807, 2.05) is 7.11 Å². The van der Waals surface area contributed by atoms with Crippen LogP contribution in [-0.4, -0.2) is 7.11 Å². The van der Waals surface area contributed by atoms with Crippen LogP contribution in [0.15, 0.2) is 12.1 Å². The maximum atomic E-state index is 5.68. The fourth-order valence-corrected chi connectivity index (χ4v) is 5.70. The van der Waals surface area contributed by atoms with Gasteiger partial charge in [0.25, 0.3) is 0 Å². The highest BCUT2D eigenvalue weighted by Crippen LogP contribution is 2.58. The van der Waals surface area contributed by atoms with Gasteiger partial charge in [0, 0.05) is 5.56 Å². The summed E-state index contributed by atoms with van der Waals surface area (Å²) in [6.45, 7) is 12.1. The molecule has 0 bridgehead atoms. The maximum absolute atomic E-state index is 5.68. The third-order valence-corrected chi connectivity index (χ3v) is 6.64. The lowest BCUT2D eigenvalue weighted by molar-refractivity contribution is 0.0404. The van der Waals surface area contributed by atoms with Crippen molar-refractivity contribution in [2.45, 2.75) is 78.1 Å². The molecule has 0 amide bonds. The summed E-state index contributed by atoms with van der Waals surface area (Å²) in [6, 6.07) is 4.61. The van der Waals surface area contributed by atoms with Crippen molar-refractivity contribution in [1.29, 1.82) is 0 Å². The van der Waals surface area contributed by atoms with Crippen LogP contribution < -0.4 is 4.74 Å². The van der Waals surface area contributed by atoms with Gasteiger partial charge in [-0.15, -0.1) is 0 Å². The zero-order chi connectivity index (χ0) is 16.1. The molecular formula is C21H32O. The molecular weight excluding hydrogens is 268 g/mol. The highest BCUT2D eigenvalue weighted by molar-refractivity contribution is 5.51. The molecule has 0 radical (unpaired) electrons. The van der Waals surface area contributed by atoms with E-state index in [1.54, 1.807) is 11.1 Å². The van der Waals surface area contributed by atoms with Gasteiger partial charge >= 0.3 is 0 Å². The van der Waals surface area contributed by atoms with Crippen LogP contribution in [0.5, 0.6) is 5.75 Å². The molecule has 2 aliphatic carbocycles. The summed E-state index contributed by atoms with van der Waals surface area (Å²) < 4.78 is 5.68. The van der Waals surface area contributed by atoms with Crippen LogP contribution in [0.25, 0.3) is 0 Å². The number of hydrogen-bond acceptors (Lipinski definition) is 1. The number of fused-ring (bicyclic) bond motifs is 3. The Morgan fingerprint density at radius 1 is 1.14 bits per heavy atom. The third-order valence-electron chi connectivity index (χ3n) is 6.64. The Morgan fingerprint density at radius 2 is 1.86 bits per heavy atom. The average Bonchev–Trinajstić information content (AvgIpc) is 2.44. The lowest BCUT2D eigenvalue weighted by atomic mass is 9.50. The molecule has 0 N–H and O–H groups in total. The molecule has 3 rings (SSSR count). The van der Waals surface area contributed by atoms with Gasteiger partial charge < -0.3 is 4.74 Å². The second-order valence-electron chi connectivity index (χ2n) is 8.71. The lowest BCUT2D eigenvalue weighted by Gasteiger charge is -2.54. The van der Waals surface area contributed by atoms with Crippen molar-refractivity contribution in [3.8, 4) is 5.75 Å². The van der Waals surface area contributed by atoms with E-state index in [1.165, 1.54) is 37.7 Å². The van der Waals surface area contributed by atoms with Gasteiger partial charge in [0.05, 0.1) is 7.11 Å². The third kappa shape index (κ3) is 2.20. The Labute approximate surface area is 136 Å². The van der Waals surface area contributed by atoms with Gasteiger partial charge in [-0.2, -0.15) is 0 Å². The van der Waals surface area contributed by atoms with Gasteiger partial charge in [0.1, 0.15) is 5.75 Å². The Hall–Kier alpha value is -0.980. The van der Waals surface area contributed by atoms with Crippen molar-refractivity contribution in [3.63, 3.8) is 0 Å². The minimum absolute atomic E-state index is 0.352. The van der Waals surface area contributed by atoms with E-state index in [9.17, 15) is 0 Å². The Bertz CT molecular complexity index is 570. The fourth-order valence-electron chi connectivity index (χ4n) is 5.70. The normalized spacial score (nSPS) is 29.9. The molecule has 2 atom stereocenters. The number of rotatable bonds is 2. The largest absolute Gasteiger partial charge is 0.496 e. The van der Waals surface area contributed by atoms with Crippen molar-refractivity contribution >= 4 is 0 Å². The highest BCUT2D eigenvalue weighted by Gasteiger charge is 2.50. The monoisotopic (exact) mass is 300 g/mol. The molecule has 1 aromatic rings. The first-order valence-corrected chi connectivity index (χ1v) is 9.01. The summed E-state index contributed by atoms with van der Waals surface area (Å²) in [5.74, 6) is 2.43. The van der Waals surface area contributed by atoms with Crippen LogP contribution in [0.3, 0.4) is 0 Å². The Balaban J connectivity index is 2.17. The Kier molecular flexibility index (Phi) is 3.82. The molecule has 1 fully saturated rings. The standard InChI is InChI=1S/C21H32O/c1-14(2)19-15-8-11-18-20(3,4)12-7-13-21(18,5)16(15)9-10-17(19)22-6/h9-10,14,18H,7-8,11-13H2,1-6H3/t18?,21-/m1/s1. The van der Waals surface area contributed by atoms with E-state index in [0.29, 0.717) is 16.7 Å². The van der Waals surface area contributed by atoms with Crippen LogP contribution in [-0.2, 0) is 11.8 Å². The molecule has 22 heavy (non-hydrogen) atoms. The van der Waals surface area contributed by atoms with Crippen LogP contribution in [0.2, 0.25) is 0 Å². The summed E-state index contributed by atoms with van der Waals surface area (Å²) in [4.78, 5) is 0. The molecule has 0 heterocycles. The summed E-state index contributed by atoms with van der Waals surface area (Å²) in [5.41, 5.74) is 5.52. The van der Waals surface area contributed by atoms with E-state index < -0.39 is 0 Å². The second-order valence-corrected chi connectivity index (χ2v) is 8.71. The van der Waals surface area contributed by atoms with Crippen LogP contribution in [0, 0.1) is 11.3 Å². The van der Waals surface area contributed by atoms with Gasteiger partial charge in [-0.25, -0.2) is 0 Å². The van der Waals surface area contributed by atoms with Gasteiger partial charge in [-0.1, -0.05) is 47.1 Å². The summed E-state index contributed by atoms with van der Waals surface area (Å²) >= 11 is 0. The first kappa shape index (κ1) is 15.9. The quantitative estimate of drug-likeness (QED) is 0.666. The predicted molar refractivity (Wildman–Crippen MR) is 93.9 cm³/mol. The fraction of sp³-hybridized carbons (Fsp3) is 0.714. The number of benzene rings is 1. The SMILES string of the molecule is COc1ccc2c(c1C(C)C)CCC1C(C)(C)CCC[C@]21C. The second kappa shape index (κ2) is 5.28. The van der Waals surface area contributed by atoms with Crippen molar-refractivity contribution in [1.82, 2.24) is 0 Å². The summed E-state index contributed by atoms with van der Waals surface area (Å²) in [5, 5.41) is 0. The molecule has 1 heteroatoms. The highest BCUT2D eigenvalue weighted by atomic mass is 16.5. The van der Waals surface area contributed by atoms with Crippen LogP contribution >= 0.6 is 0 Å². The van der Waals surface area contributed by atoms with Crippen molar-refractivity contribution < 1.29 is 4.74 Å². The van der Waals surface area contributed by atoms with E-state index in [0.717, 1.165) is 11.7 Å². The van der Waals surface area contributed by atoms with Crippen molar-refractivity contribution in [2.24, 2.45) is 11.3 Å². The minimum atomic E-state index is 0.352. The number of methoxy groups -OCH3 is 1. The molecule has 0 saturated heterocycles. The van der Waals surface area contributed by atoms with E-state index in [2.05, 4.69) is 46.8 Å². The lowest BCUT2D eigenvalue weighted by Crippen LogP contribution is -2.48. The van der Waals surface area contributed by atoms with E-state index in [4.69, 9.17) is 4.74 Å². The smallest absolute Gasteiger partial charge is 0.122 e. The predicted octanol–water partition coefficient (Wildman–Crippen LogP) is 5.85. The summed E-state index contributed by atoms with van der Waals surface area (Å²) in [7, 11) is 1.81. The minimum Gasteiger partial charge on any atom is -0.496 e. The molecule has 1 nitrogen and oxygen atoms in total. The van der Waals surface area contributed by atoms with Gasteiger partial charge in [-0.3, -0.25) is 0 Å². The molecule has 1 aromatic carbocycles. The van der Waals surface area contributed by atoms with Gasteiger partial charge in [0.15, 0.2) is 0 Å². The first-order valence-electron chi connectivity index (χ1n) is 9.01. The number of hydrogen-bond donors (Lipinski definition) is 0. The topological polar surface area (TPSA) is 9.23 Å². The molecule has 0 aromatic heterocycles. The van der Waals surface area contributed by atoms with Gasteiger partial charge in [-0.05, 0) is 65.5 Å². The average molecular weight is 300 g/mol. The van der Waals surface area contributed by atoms with Crippen molar-refractivity contribution in [2.75, 3.05) is 7.11 Å². The molecule has 2 aliphatic rings. The van der Waals surface area contributed by atoms with Crippen LogP contribution in [0.1, 0.15) is 82.9 Å². The molecule has 122 valence electrons. The van der Waals surface area contributed by atoms with Crippen LogP contribution in [0.4, 0.5) is 0 Å². The molecule has 0 spiro atoms. The maximum Gasteiger partial charge on any atom is 0.122 e. The zero-order valence-electron chi connectivity index (χ0n) is 15.3. The van der Waals surface area contributed by atoms with Gasteiger partial charge in [0.2, 0.25) is 0 Å². The van der Waals surface area contributed by atoms with E-state index >= 15 is 0 Å². The number of ether oxygens (including phenoxy) is 1. The molecule has 1 unspecified atom stereocenters. The molecule has 1 saturated carbocycles. The molecule has 0 aliphatic heterocycles. The van der Waals surface area contributed by atoms with Crippen molar-refractivity contribution in [3.05, 3.63) is 28.8 Å². The summed E-state index contributed by atoms with van der Waals surface area (Å²) in [6.07, 6.45) is 6.66.